The molecule has 0 aliphatic heterocycles. The number of nitrogens with one attached hydrogen (secondary N) is 1. The summed E-state index contributed by atoms with van der Waals surface area (Å²) in [6.07, 6.45) is 3.17. The number of aromatic amines is 1. The predicted molar refractivity (Wildman–Crippen MR) is 176 cm³/mol. The maximum atomic E-state index is 14.9. The number of hydrogen-bond donors (Lipinski definition) is 1. The third kappa shape index (κ3) is 4.96. The standard InChI is InChI=1S/C38H31N3O6/c1-23-19-26(46-21-24-9-5-4-6-10-24)20-27-33(23)37(43)38(36(27)42,25-15-17-39-18-16-25)28-13-14-31(45-3)35-34(28)40-32(41-35)22-47-30-12-8-7-11-29(30)44-2/h4-20H,21-22H2,1-3H3,(H,40,41). The fourth-order valence-electron chi connectivity index (χ4n) is 6.36. The summed E-state index contributed by atoms with van der Waals surface area (Å²) in [5.41, 5.74) is 2.45. The highest BCUT2D eigenvalue weighted by Gasteiger charge is 2.57. The second-order valence-corrected chi connectivity index (χ2v) is 11.2. The Bertz CT molecular complexity index is 2130. The minimum absolute atomic E-state index is 0.0727. The monoisotopic (exact) mass is 625 g/mol. The first-order chi connectivity index (χ1) is 22.9. The van der Waals surface area contributed by atoms with Crippen LogP contribution in [0.1, 0.15) is 48.8 Å². The molecule has 1 unspecified atom stereocenters. The number of carbonyl (C=O) groups is 2. The van der Waals surface area contributed by atoms with Crippen molar-refractivity contribution in [3.63, 3.8) is 0 Å². The summed E-state index contributed by atoms with van der Waals surface area (Å²) in [6.45, 7) is 2.22. The molecule has 0 bridgehead atoms. The molecule has 47 heavy (non-hydrogen) atoms. The second-order valence-electron chi connectivity index (χ2n) is 11.2. The van der Waals surface area contributed by atoms with Crippen LogP contribution in [0.25, 0.3) is 11.0 Å². The van der Waals surface area contributed by atoms with Gasteiger partial charge in [0.05, 0.1) is 19.7 Å². The van der Waals surface area contributed by atoms with E-state index in [9.17, 15) is 9.59 Å². The van der Waals surface area contributed by atoms with Crippen molar-refractivity contribution >= 4 is 22.6 Å². The Morgan fingerprint density at radius 2 is 1.47 bits per heavy atom. The highest BCUT2D eigenvalue weighted by atomic mass is 16.5. The first-order valence-electron chi connectivity index (χ1n) is 15.1. The largest absolute Gasteiger partial charge is 0.494 e. The Morgan fingerprint density at radius 1 is 0.745 bits per heavy atom. The molecule has 9 heteroatoms. The van der Waals surface area contributed by atoms with Crippen molar-refractivity contribution in [2.24, 2.45) is 0 Å². The number of para-hydroxylation sites is 2. The number of carbonyl (C=O) groups excluding carboxylic acids is 2. The second kappa shape index (κ2) is 12.1. The number of hydrogen-bond acceptors (Lipinski definition) is 8. The minimum atomic E-state index is -1.73. The quantitative estimate of drug-likeness (QED) is 0.165. The molecule has 4 aromatic carbocycles. The molecule has 0 amide bonds. The third-order valence-corrected chi connectivity index (χ3v) is 8.54. The number of fused-ring (bicyclic) bond motifs is 2. The maximum absolute atomic E-state index is 14.9. The summed E-state index contributed by atoms with van der Waals surface area (Å²) in [5.74, 6) is 1.93. The summed E-state index contributed by atoms with van der Waals surface area (Å²) in [6, 6.07) is 27.5. The number of methoxy groups -OCH3 is 2. The number of nitrogens with zero attached hydrogens (tertiary/aromatic N) is 2. The molecule has 9 nitrogen and oxygen atoms in total. The lowest BCUT2D eigenvalue weighted by Gasteiger charge is -2.27. The number of imidazole rings is 1. The number of pyridine rings is 1. The highest BCUT2D eigenvalue weighted by molar-refractivity contribution is 6.36. The van der Waals surface area contributed by atoms with E-state index in [4.69, 9.17) is 23.9 Å². The summed E-state index contributed by atoms with van der Waals surface area (Å²) >= 11 is 0. The van der Waals surface area contributed by atoms with Gasteiger partial charge in [0.1, 0.15) is 41.5 Å². The van der Waals surface area contributed by atoms with Gasteiger partial charge in [-0.3, -0.25) is 14.6 Å². The molecule has 0 fully saturated rings. The van der Waals surface area contributed by atoms with Crippen molar-refractivity contribution < 1.29 is 28.5 Å². The van der Waals surface area contributed by atoms with Gasteiger partial charge < -0.3 is 23.9 Å². The lowest BCUT2D eigenvalue weighted by atomic mass is 9.70. The fourth-order valence-corrected chi connectivity index (χ4v) is 6.36. The average Bonchev–Trinajstić information content (AvgIpc) is 3.64. The summed E-state index contributed by atoms with van der Waals surface area (Å²) < 4.78 is 23.3. The van der Waals surface area contributed by atoms with Crippen molar-refractivity contribution in [3.8, 4) is 23.0 Å². The van der Waals surface area contributed by atoms with Gasteiger partial charge in [-0.05, 0) is 66.1 Å². The van der Waals surface area contributed by atoms with Gasteiger partial charge in [0, 0.05) is 29.1 Å². The van der Waals surface area contributed by atoms with Gasteiger partial charge in [0.15, 0.2) is 23.1 Å². The number of H-pyrrole nitrogens is 1. The Morgan fingerprint density at radius 3 is 2.21 bits per heavy atom. The smallest absolute Gasteiger partial charge is 0.186 e. The van der Waals surface area contributed by atoms with Crippen molar-refractivity contribution in [1.82, 2.24) is 15.0 Å². The molecule has 1 aliphatic rings. The Kier molecular flexibility index (Phi) is 7.65. The molecule has 0 spiro atoms. The van der Waals surface area contributed by atoms with E-state index in [-0.39, 0.29) is 18.2 Å². The zero-order valence-electron chi connectivity index (χ0n) is 26.1. The van der Waals surface area contributed by atoms with E-state index in [1.54, 1.807) is 69.1 Å². The van der Waals surface area contributed by atoms with Gasteiger partial charge in [0.2, 0.25) is 0 Å². The van der Waals surface area contributed by atoms with Crippen LogP contribution in [0.3, 0.4) is 0 Å². The van der Waals surface area contributed by atoms with E-state index in [1.165, 1.54) is 0 Å². The van der Waals surface area contributed by atoms with Gasteiger partial charge in [-0.25, -0.2) is 4.98 Å². The van der Waals surface area contributed by atoms with Gasteiger partial charge in [-0.2, -0.15) is 0 Å². The van der Waals surface area contributed by atoms with E-state index in [0.29, 0.717) is 74.3 Å². The lowest BCUT2D eigenvalue weighted by molar-refractivity contribution is 0.0829. The van der Waals surface area contributed by atoms with E-state index >= 15 is 0 Å². The minimum Gasteiger partial charge on any atom is -0.494 e. The molecule has 1 aliphatic carbocycles. The highest BCUT2D eigenvalue weighted by Crippen LogP contribution is 2.49. The summed E-state index contributed by atoms with van der Waals surface area (Å²) in [7, 11) is 3.13. The molecule has 7 rings (SSSR count). The van der Waals surface area contributed by atoms with Crippen LogP contribution in [-0.4, -0.2) is 40.7 Å². The summed E-state index contributed by atoms with van der Waals surface area (Å²) in [5, 5.41) is 0. The molecule has 2 aromatic heterocycles. The molecule has 0 saturated heterocycles. The van der Waals surface area contributed by atoms with Crippen LogP contribution in [0.5, 0.6) is 23.0 Å². The maximum Gasteiger partial charge on any atom is 0.186 e. The first-order valence-corrected chi connectivity index (χ1v) is 15.1. The average molecular weight is 626 g/mol. The Hall–Kier alpha value is -5.96. The number of ketones is 2. The van der Waals surface area contributed by atoms with E-state index in [0.717, 1.165) is 5.56 Å². The van der Waals surface area contributed by atoms with Crippen LogP contribution in [0, 0.1) is 6.92 Å². The predicted octanol–water partition coefficient (Wildman–Crippen LogP) is 6.81. The molecule has 1 N–H and O–H groups in total. The number of aromatic nitrogens is 3. The molecule has 234 valence electrons. The van der Waals surface area contributed by atoms with E-state index in [2.05, 4.69) is 9.97 Å². The molecular formula is C38H31N3O6. The number of benzene rings is 4. The number of rotatable bonds is 10. The summed E-state index contributed by atoms with van der Waals surface area (Å²) in [4.78, 5) is 42.1. The number of aryl methyl sites for hydroxylation is 1. The van der Waals surface area contributed by atoms with Gasteiger partial charge in [-0.1, -0.05) is 48.5 Å². The van der Waals surface area contributed by atoms with Gasteiger partial charge >= 0.3 is 0 Å². The topological polar surface area (TPSA) is 113 Å². The van der Waals surface area contributed by atoms with Crippen LogP contribution in [0.15, 0.2) is 103 Å². The molecule has 6 aromatic rings. The molecule has 0 radical (unpaired) electrons. The lowest BCUT2D eigenvalue weighted by Crippen LogP contribution is -2.40. The van der Waals surface area contributed by atoms with Crippen LogP contribution in [-0.2, 0) is 18.6 Å². The van der Waals surface area contributed by atoms with Crippen molar-refractivity contribution in [2.75, 3.05) is 14.2 Å². The van der Waals surface area contributed by atoms with Crippen molar-refractivity contribution in [3.05, 3.63) is 143 Å². The Labute approximate surface area is 271 Å². The Balaban J connectivity index is 1.35. The first kappa shape index (κ1) is 29.7. The normalized spacial score (nSPS) is 15.5. The third-order valence-electron chi connectivity index (χ3n) is 8.54. The fraction of sp³-hybridized carbons (Fsp3) is 0.158. The van der Waals surface area contributed by atoms with Crippen molar-refractivity contribution in [2.45, 2.75) is 25.6 Å². The zero-order chi connectivity index (χ0) is 32.5. The zero-order valence-corrected chi connectivity index (χ0v) is 26.1. The number of Topliss-reactive ketones (excluding diaryl/α,β-unsaturated/α-hetero) is 2. The molecule has 0 saturated carbocycles. The van der Waals surface area contributed by atoms with Gasteiger partial charge in [0.25, 0.3) is 0 Å². The van der Waals surface area contributed by atoms with Crippen LogP contribution >= 0.6 is 0 Å². The molecule has 1 atom stereocenters. The molecular weight excluding hydrogens is 594 g/mol. The van der Waals surface area contributed by atoms with Crippen LogP contribution in [0.4, 0.5) is 0 Å². The van der Waals surface area contributed by atoms with Gasteiger partial charge in [-0.15, -0.1) is 0 Å². The SMILES string of the molecule is COc1ccccc1OCc1nc2c(C3(c4ccncc4)C(=O)c4cc(OCc5ccccc5)cc(C)c4C3=O)ccc(OC)c2[nH]1. The number of ether oxygens (including phenoxy) is 4. The van der Waals surface area contributed by atoms with Crippen LogP contribution in [0.2, 0.25) is 0 Å². The van der Waals surface area contributed by atoms with E-state index < -0.39 is 5.41 Å². The van der Waals surface area contributed by atoms with Crippen molar-refractivity contribution in [1.29, 1.82) is 0 Å². The molecule has 2 heterocycles. The van der Waals surface area contributed by atoms with E-state index in [1.807, 2.05) is 55.5 Å². The van der Waals surface area contributed by atoms with Crippen LogP contribution < -0.4 is 18.9 Å².